The van der Waals surface area contributed by atoms with E-state index in [1.165, 1.54) is 10.7 Å². The lowest BCUT2D eigenvalue weighted by atomic mass is 9.70. The number of benzene rings is 1. The zero-order valence-electron chi connectivity index (χ0n) is 12.5. The van der Waals surface area contributed by atoms with Crippen LogP contribution in [0.25, 0.3) is 5.69 Å². The van der Waals surface area contributed by atoms with Crippen LogP contribution in [0.5, 0.6) is 0 Å². The monoisotopic (exact) mass is 286 g/mol. The standard InChI is InChI=1S/C17H19FN2O/c1-16(2)10-8-9-17(16,3)14-13(10)15(21)20(19-14)12-7-5-4-6-11(12)18/h4-7,10,19H,8-9H2,1-3H3. The van der Waals surface area contributed by atoms with Crippen molar-refractivity contribution < 1.29 is 4.39 Å². The summed E-state index contributed by atoms with van der Waals surface area (Å²) in [7, 11) is 0. The number of rotatable bonds is 1. The largest absolute Gasteiger partial charge is 0.294 e. The summed E-state index contributed by atoms with van der Waals surface area (Å²) in [6, 6.07) is 6.40. The fraction of sp³-hybridized carbons (Fsp3) is 0.471. The maximum atomic E-state index is 14.0. The van der Waals surface area contributed by atoms with Crippen molar-refractivity contribution in [1.29, 1.82) is 0 Å². The minimum Gasteiger partial charge on any atom is -0.294 e. The van der Waals surface area contributed by atoms with E-state index in [1.54, 1.807) is 18.2 Å². The van der Waals surface area contributed by atoms with Crippen LogP contribution in [0.3, 0.4) is 0 Å². The Kier molecular flexibility index (Phi) is 2.25. The maximum absolute atomic E-state index is 14.0. The van der Waals surface area contributed by atoms with Gasteiger partial charge in [-0.15, -0.1) is 0 Å². The van der Waals surface area contributed by atoms with Crippen molar-refractivity contribution in [2.75, 3.05) is 0 Å². The van der Waals surface area contributed by atoms with Crippen molar-refractivity contribution in [1.82, 2.24) is 9.78 Å². The number of fused-ring (bicyclic) bond motifs is 5. The Morgan fingerprint density at radius 2 is 2.00 bits per heavy atom. The molecule has 1 saturated carbocycles. The summed E-state index contributed by atoms with van der Waals surface area (Å²) < 4.78 is 15.4. The lowest BCUT2D eigenvalue weighted by Crippen LogP contribution is -2.33. The molecule has 0 radical (unpaired) electrons. The van der Waals surface area contributed by atoms with Crippen molar-refractivity contribution in [2.45, 2.75) is 44.9 Å². The summed E-state index contributed by atoms with van der Waals surface area (Å²) >= 11 is 0. The third-order valence-corrected chi connectivity index (χ3v) is 6.15. The molecule has 0 saturated heterocycles. The number of halogens is 1. The molecule has 4 rings (SSSR count). The Hall–Kier alpha value is -1.84. The summed E-state index contributed by atoms with van der Waals surface area (Å²) in [4.78, 5) is 12.8. The quantitative estimate of drug-likeness (QED) is 0.856. The van der Waals surface area contributed by atoms with Crippen LogP contribution in [0.1, 0.15) is 50.8 Å². The number of aromatic amines is 1. The molecule has 1 fully saturated rings. The van der Waals surface area contributed by atoms with Crippen molar-refractivity contribution >= 4 is 0 Å². The van der Waals surface area contributed by atoms with E-state index >= 15 is 0 Å². The van der Waals surface area contributed by atoms with Crippen molar-refractivity contribution in [3.8, 4) is 5.69 Å². The van der Waals surface area contributed by atoms with E-state index in [0.717, 1.165) is 24.1 Å². The van der Waals surface area contributed by atoms with Crippen LogP contribution in [-0.4, -0.2) is 9.78 Å². The van der Waals surface area contributed by atoms with Gasteiger partial charge in [0.05, 0.1) is 0 Å². The third kappa shape index (κ3) is 1.31. The molecule has 4 heteroatoms. The molecule has 2 bridgehead atoms. The van der Waals surface area contributed by atoms with Gasteiger partial charge in [-0.25, -0.2) is 9.07 Å². The normalized spacial score (nSPS) is 28.9. The number of nitrogens with one attached hydrogen (secondary N) is 1. The van der Waals surface area contributed by atoms with Crippen LogP contribution in [0, 0.1) is 11.2 Å². The molecule has 1 aromatic heterocycles. The smallest absolute Gasteiger partial charge is 0.275 e. The molecule has 110 valence electrons. The highest BCUT2D eigenvalue weighted by Crippen LogP contribution is 2.66. The Morgan fingerprint density at radius 3 is 2.67 bits per heavy atom. The molecular weight excluding hydrogens is 267 g/mol. The minimum absolute atomic E-state index is 0.0251. The third-order valence-electron chi connectivity index (χ3n) is 6.15. The second-order valence-electron chi connectivity index (χ2n) is 7.14. The minimum atomic E-state index is -0.378. The highest BCUT2D eigenvalue weighted by Gasteiger charge is 2.61. The molecule has 0 spiro atoms. The first kappa shape index (κ1) is 12.9. The second-order valence-corrected chi connectivity index (χ2v) is 7.14. The first-order chi connectivity index (χ1) is 9.88. The average Bonchev–Trinajstić information content (AvgIpc) is 2.94. The molecule has 1 N–H and O–H groups in total. The van der Waals surface area contributed by atoms with Gasteiger partial charge in [-0.2, -0.15) is 0 Å². The molecule has 2 unspecified atom stereocenters. The maximum Gasteiger partial charge on any atom is 0.275 e. The van der Waals surface area contributed by atoms with Gasteiger partial charge in [-0.05, 0) is 36.3 Å². The van der Waals surface area contributed by atoms with Gasteiger partial charge in [0.15, 0.2) is 0 Å². The fourth-order valence-corrected chi connectivity index (χ4v) is 4.45. The summed E-state index contributed by atoms with van der Waals surface area (Å²) in [5.41, 5.74) is 2.16. The van der Waals surface area contributed by atoms with E-state index in [4.69, 9.17) is 0 Å². The molecule has 1 aromatic carbocycles. The SMILES string of the molecule is CC12CCC(c3c1[nH]n(-c1ccccc1F)c3=O)C2(C)C. The number of nitrogens with zero attached hydrogens (tertiary/aromatic N) is 1. The van der Waals surface area contributed by atoms with Gasteiger partial charge >= 0.3 is 0 Å². The summed E-state index contributed by atoms with van der Waals surface area (Å²) in [6.07, 6.45) is 2.12. The van der Waals surface area contributed by atoms with E-state index < -0.39 is 0 Å². The molecule has 21 heavy (non-hydrogen) atoms. The van der Waals surface area contributed by atoms with Crippen LogP contribution in [0.2, 0.25) is 0 Å². The summed E-state index contributed by atoms with van der Waals surface area (Å²) in [5.74, 6) is -0.106. The molecular formula is C17H19FN2O. The zero-order valence-corrected chi connectivity index (χ0v) is 12.5. The van der Waals surface area contributed by atoms with Gasteiger partial charge in [0.25, 0.3) is 5.56 Å². The van der Waals surface area contributed by atoms with E-state index in [2.05, 4.69) is 25.9 Å². The number of hydrogen-bond acceptors (Lipinski definition) is 1. The Bertz CT molecular complexity index is 801. The molecule has 2 aromatic rings. The molecule has 1 heterocycles. The highest BCUT2D eigenvalue weighted by molar-refractivity contribution is 5.46. The molecule has 0 aliphatic heterocycles. The number of H-pyrrole nitrogens is 1. The lowest BCUT2D eigenvalue weighted by molar-refractivity contribution is 0.224. The highest BCUT2D eigenvalue weighted by atomic mass is 19.1. The van der Waals surface area contributed by atoms with Gasteiger partial charge in [0.2, 0.25) is 0 Å². The van der Waals surface area contributed by atoms with E-state index in [-0.39, 0.29) is 28.1 Å². The first-order valence-electron chi connectivity index (χ1n) is 7.48. The Balaban J connectivity index is 1.98. The van der Waals surface area contributed by atoms with Crippen LogP contribution >= 0.6 is 0 Å². The molecule has 2 atom stereocenters. The van der Waals surface area contributed by atoms with Crippen LogP contribution in [-0.2, 0) is 5.41 Å². The molecule has 2 aliphatic carbocycles. The number of para-hydroxylation sites is 1. The van der Waals surface area contributed by atoms with Crippen molar-refractivity contribution in [3.05, 3.63) is 51.7 Å². The zero-order chi connectivity index (χ0) is 15.0. The van der Waals surface area contributed by atoms with E-state index in [9.17, 15) is 9.18 Å². The molecule has 3 nitrogen and oxygen atoms in total. The first-order valence-corrected chi connectivity index (χ1v) is 7.48. The van der Waals surface area contributed by atoms with E-state index in [0.29, 0.717) is 5.69 Å². The number of aromatic nitrogens is 2. The predicted molar refractivity (Wildman–Crippen MR) is 79.5 cm³/mol. The predicted octanol–water partition coefficient (Wildman–Crippen LogP) is 3.48. The van der Waals surface area contributed by atoms with Crippen molar-refractivity contribution in [3.63, 3.8) is 0 Å². The fourth-order valence-electron chi connectivity index (χ4n) is 4.45. The Morgan fingerprint density at radius 1 is 1.29 bits per heavy atom. The van der Waals surface area contributed by atoms with Crippen LogP contribution in [0.15, 0.2) is 29.1 Å². The van der Waals surface area contributed by atoms with Gasteiger partial charge in [0, 0.05) is 16.7 Å². The summed E-state index contributed by atoms with van der Waals surface area (Å²) in [5, 5.41) is 3.21. The van der Waals surface area contributed by atoms with Gasteiger partial charge in [-0.1, -0.05) is 32.9 Å². The summed E-state index contributed by atoms with van der Waals surface area (Å²) in [6.45, 7) is 6.71. The Labute approximate surface area is 122 Å². The molecule has 0 amide bonds. The second kappa shape index (κ2) is 3.67. The van der Waals surface area contributed by atoms with Gasteiger partial charge in [0.1, 0.15) is 11.5 Å². The average molecular weight is 286 g/mol. The lowest BCUT2D eigenvalue weighted by Gasteiger charge is -2.34. The van der Waals surface area contributed by atoms with Crippen molar-refractivity contribution in [2.24, 2.45) is 5.41 Å². The van der Waals surface area contributed by atoms with Gasteiger partial charge in [-0.3, -0.25) is 9.89 Å². The van der Waals surface area contributed by atoms with Gasteiger partial charge < -0.3 is 0 Å². The molecule has 2 aliphatic rings. The van der Waals surface area contributed by atoms with E-state index in [1.807, 2.05) is 0 Å². The topological polar surface area (TPSA) is 37.8 Å². The van der Waals surface area contributed by atoms with Crippen LogP contribution < -0.4 is 5.56 Å². The van der Waals surface area contributed by atoms with Crippen LogP contribution in [0.4, 0.5) is 4.39 Å². The number of hydrogen-bond donors (Lipinski definition) is 1.